The maximum Gasteiger partial charge on any atom is 0.377 e. The van der Waals surface area contributed by atoms with E-state index in [4.69, 9.17) is 5.10 Å². The van der Waals surface area contributed by atoms with E-state index in [9.17, 15) is 9.90 Å². The van der Waals surface area contributed by atoms with Gasteiger partial charge in [0.05, 0.1) is 29.5 Å². The number of aliphatic hydroxyl groups is 1. The lowest BCUT2D eigenvalue weighted by Crippen LogP contribution is -2.56. The zero-order valence-electron chi connectivity index (χ0n) is 17.0. The molecule has 1 aromatic rings. The van der Waals surface area contributed by atoms with Gasteiger partial charge in [-0.2, -0.15) is 0 Å². The van der Waals surface area contributed by atoms with Gasteiger partial charge in [-0.05, 0) is 51.3 Å². The third-order valence-corrected chi connectivity index (χ3v) is 5.68. The summed E-state index contributed by atoms with van der Waals surface area (Å²) >= 11 is 0. The average molecular weight is 371 g/mol. The van der Waals surface area contributed by atoms with Gasteiger partial charge in [0.15, 0.2) is 0 Å². The number of piperidine rings is 1. The number of quaternary nitrogens is 1. The lowest BCUT2D eigenvalue weighted by molar-refractivity contribution is -0.828. The largest absolute Gasteiger partial charge is 0.385 e. The summed E-state index contributed by atoms with van der Waals surface area (Å²) in [4.78, 5) is 14.0. The molecule has 1 amide bonds. The van der Waals surface area contributed by atoms with E-state index in [0.717, 1.165) is 55.5 Å². The topological polar surface area (TPSA) is 61.7 Å². The van der Waals surface area contributed by atoms with Crippen LogP contribution in [0.2, 0.25) is 0 Å². The van der Waals surface area contributed by atoms with Crippen molar-refractivity contribution < 1.29 is 14.5 Å². The van der Waals surface area contributed by atoms with Crippen LogP contribution in [0.3, 0.4) is 0 Å². The molecule has 2 N–H and O–H groups in total. The monoisotopic (exact) mass is 370 g/mol. The van der Waals surface area contributed by atoms with Crippen molar-refractivity contribution in [2.24, 2.45) is 5.10 Å². The van der Waals surface area contributed by atoms with E-state index in [2.05, 4.69) is 18.3 Å². The van der Waals surface area contributed by atoms with Gasteiger partial charge in [0, 0.05) is 6.42 Å². The molecule has 0 saturated carbocycles. The van der Waals surface area contributed by atoms with Crippen molar-refractivity contribution in [1.82, 2.24) is 5.32 Å². The highest BCUT2D eigenvalue weighted by Gasteiger charge is 2.49. The van der Waals surface area contributed by atoms with Crippen molar-refractivity contribution >= 4 is 12.1 Å². The summed E-state index contributed by atoms with van der Waals surface area (Å²) in [6.45, 7) is 9.33. The Balaban J connectivity index is 2.12. The summed E-state index contributed by atoms with van der Waals surface area (Å²) in [5, 5.41) is 18.6. The van der Waals surface area contributed by atoms with Crippen LogP contribution >= 0.6 is 0 Å². The third-order valence-electron chi connectivity index (χ3n) is 5.68. The molecule has 2 aliphatic heterocycles. The van der Waals surface area contributed by atoms with E-state index in [-0.39, 0.29) is 16.5 Å². The Bertz CT molecular complexity index is 770. The quantitative estimate of drug-likeness (QED) is 0.782. The summed E-state index contributed by atoms with van der Waals surface area (Å²) in [6.07, 6.45) is 7.38. The highest BCUT2D eigenvalue weighted by molar-refractivity contribution is 5.94. The number of aryl methyl sites for hydroxylation is 2. The van der Waals surface area contributed by atoms with E-state index in [1.54, 1.807) is 20.1 Å². The summed E-state index contributed by atoms with van der Waals surface area (Å²) in [5.41, 5.74) is 2.54. The summed E-state index contributed by atoms with van der Waals surface area (Å²) < 4.78 is -0.0755. The lowest BCUT2D eigenvalue weighted by Gasteiger charge is -2.35. The van der Waals surface area contributed by atoms with Crippen LogP contribution in [0.25, 0.3) is 0 Å². The molecular weight excluding hydrogens is 338 g/mol. The van der Waals surface area contributed by atoms with Gasteiger partial charge < -0.3 is 10.4 Å². The average Bonchev–Trinajstić information content (AvgIpc) is 3.10. The maximum absolute atomic E-state index is 14.0. The SMILES string of the molecule is CCCc1cccc(C)c1C(=O)[N@+]1([C@@H]2CCCNC2)C=C(C(C)(C)O)C=N1. The highest BCUT2D eigenvalue weighted by Crippen LogP contribution is 2.34. The Labute approximate surface area is 162 Å². The number of benzene rings is 1. The molecule has 1 saturated heterocycles. The predicted molar refractivity (Wildman–Crippen MR) is 109 cm³/mol. The molecule has 1 aromatic carbocycles. The van der Waals surface area contributed by atoms with Gasteiger partial charge in [-0.25, -0.2) is 4.79 Å². The van der Waals surface area contributed by atoms with E-state index in [1.165, 1.54) is 0 Å². The van der Waals surface area contributed by atoms with Crippen LogP contribution in [0.5, 0.6) is 0 Å². The fourth-order valence-corrected chi connectivity index (χ4v) is 4.09. The lowest BCUT2D eigenvalue weighted by atomic mass is 9.95. The molecule has 0 aliphatic carbocycles. The second kappa shape index (κ2) is 7.66. The van der Waals surface area contributed by atoms with Crippen molar-refractivity contribution in [3.63, 3.8) is 0 Å². The highest BCUT2D eigenvalue weighted by atomic mass is 16.3. The van der Waals surface area contributed by atoms with Crippen molar-refractivity contribution in [3.8, 4) is 0 Å². The van der Waals surface area contributed by atoms with Crippen molar-refractivity contribution in [2.45, 2.75) is 65.0 Å². The maximum atomic E-state index is 14.0. The van der Waals surface area contributed by atoms with Gasteiger partial charge in [-0.3, -0.25) is 0 Å². The number of carbonyl (C=O) groups excluding carboxylic acids is 1. The van der Waals surface area contributed by atoms with Gasteiger partial charge in [0.2, 0.25) is 0 Å². The molecule has 0 bridgehead atoms. The number of nitrogens with one attached hydrogen (secondary N) is 1. The van der Waals surface area contributed by atoms with E-state index < -0.39 is 5.60 Å². The second-order valence-electron chi connectivity index (χ2n) is 8.29. The van der Waals surface area contributed by atoms with Crippen LogP contribution in [0.1, 0.15) is 61.5 Å². The van der Waals surface area contributed by atoms with Crippen LogP contribution < -0.4 is 5.32 Å². The Kier molecular flexibility index (Phi) is 5.65. The number of hydrogen-bond acceptors (Lipinski definition) is 4. The zero-order valence-corrected chi connectivity index (χ0v) is 17.0. The normalized spacial score (nSPS) is 25.5. The first-order chi connectivity index (χ1) is 12.8. The second-order valence-corrected chi connectivity index (χ2v) is 8.29. The van der Waals surface area contributed by atoms with Gasteiger partial charge in [-0.1, -0.05) is 36.6 Å². The molecule has 27 heavy (non-hydrogen) atoms. The molecule has 0 aromatic heterocycles. The molecular formula is C22H32N3O2+. The molecule has 0 unspecified atom stereocenters. The molecule has 1 fully saturated rings. The first-order valence-corrected chi connectivity index (χ1v) is 10.0. The number of hydrogen-bond donors (Lipinski definition) is 2. The van der Waals surface area contributed by atoms with E-state index in [1.807, 2.05) is 25.3 Å². The molecule has 0 spiro atoms. The molecule has 2 heterocycles. The molecule has 0 radical (unpaired) electrons. The minimum atomic E-state index is -1.02. The van der Waals surface area contributed by atoms with Crippen LogP contribution in [0, 0.1) is 6.92 Å². The zero-order chi connectivity index (χ0) is 19.7. The Morgan fingerprint density at radius 1 is 1.41 bits per heavy atom. The molecule has 5 nitrogen and oxygen atoms in total. The van der Waals surface area contributed by atoms with Crippen molar-refractivity contribution in [2.75, 3.05) is 13.1 Å². The van der Waals surface area contributed by atoms with Gasteiger partial charge >= 0.3 is 5.91 Å². The molecule has 5 heteroatoms. The van der Waals surface area contributed by atoms with E-state index in [0.29, 0.717) is 5.57 Å². The van der Waals surface area contributed by atoms with Gasteiger partial charge in [-0.15, -0.1) is 4.59 Å². The fraction of sp³-hybridized carbons (Fsp3) is 0.545. The number of nitrogens with zero attached hydrogens (tertiary/aromatic N) is 2. The standard InChI is InChI=1S/C22H32N3O2/c1-5-8-17-10-6-9-16(2)20(17)21(26)25(19-11-7-12-23-14-19)15-18(13-24-25)22(3,4)27/h6,9-10,13,15,19,23,27H,5,7-8,11-12,14H2,1-4H3/q+1/t19-,25-/m1/s1. The first-order valence-electron chi connectivity index (χ1n) is 10.0. The van der Waals surface area contributed by atoms with Crippen LogP contribution in [-0.4, -0.2) is 46.6 Å². The molecule has 146 valence electrons. The Morgan fingerprint density at radius 2 is 2.19 bits per heavy atom. The minimum absolute atomic E-state index is 0.0146. The first kappa shape index (κ1) is 19.9. The fourth-order valence-electron chi connectivity index (χ4n) is 4.09. The van der Waals surface area contributed by atoms with Gasteiger partial charge in [0.1, 0.15) is 12.2 Å². The Morgan fingerprint density at radius 3 is 2.78 bits per heavy atom. The van der Waals surface area contributed by atoms with E-state index >= 15 is 0 Å². The Hall–Kier alpha value is -1.82. The van der Waals surface area contributed by atoms with Crippen LogP contribution in [-0.2, 0) is 6.42 Å². The molecule has 2 aliphatic rings. The minimum Gasteiger partial charge on any atom is -0.385 e. The number of carbonyl (C=O) groups is 1. The molecule has 2 atom stereocenters. The molecule has 3 rings (SSSR count). The summed E-state index contributed by atoms with van der Waals surface area (Å²) in [6, 6.07) is 6.12. The summed E-state index contributed by atoms with van der Waals surface area (Å²) in [5.74, 6) is 0.0146. The predicted octanol–water partition coefficient (Wildman–Crippen LogP) is 3.31. The summed E-state index contributed by atoms with van der Waals surface area (Å²) in [7, 11) is 0. The van der Waals surface area contributed by atoms with Crippen LogP contribution in [0.4, 0.5) is 0 Å². The van der Waals surface area contributed by atoms with Crippen molar-refractivity contribution in [1.29, 1.82) is 0 Å². The van der Waals surface area contributed by atoms with Gasteiger partial charge in [0.25, 0.3) is 0 Å². The number of amides is 1. The smallest absolute Gasteiger partial charge is 0.377 e. The van der Waals surface area contributed by atoms with Crippen molar-refractivity contribution in [3.05, 3.63) is 46.7 Å². The third kappa shape index (κ3) is 3.77. The number of rotatable bonds is 5. The van der Waals surface area contributed by atoms with Crippen LogP contribution in [0.15, 0.2) is 35.1 Å².